The van der Waals surface area contributed by atoms with Gasteiger partial charge in [0.2, 0.25) is 0 Å². The highest BCUT2D eigenvalue weighted by Gasteiger charge is 2.20. The quantitative estimate of drug-likeness (QED) is 0.378. The number of amides is 4. The molecule has 4 aromatic rings. The Kier molecular flexibility index (Phi) is 9.00. The highest BCUT2D eigenvalue weighted by atomic mass is 16.2. The van der Waals surface area contributed by atoms with Crippen molar-refractivity contribution in [2.45, 2.75) is 0 Å². The minimum atomic E-state index is -0.301. The van der Waals surface area contributed by atoms with Crippen molar-refractivity contribution in [1.29, 1.82) is 0 Å². The van der Waals surface area contributed by atoms with Crippen molar-refractivity contribution in [3.63, 3.8) is 0 Å². The molecule has 0 atom stereocenters. The van der Waals surface area contributed by atoms with E-state index in [1.165, 1.54) is 14.1 Å². The number of nitrogens with zero attached hydrogens (tertiary/aromatic N) is 2. The summed E-state index contributed by atoms with van der Waals surface area (Å²) in [5, 5.41) is 0. The maximum absolute atomic E-state index is 12.1. The van der Waals surface area contributed by atoms with Crippen molar-refractivity contribution in [2.24, 2.45) is 0 Å². The van der Waals surface area contributed by atoms with E-state index >= 15 is 0 Å². The zero-order valence-corrected chi connectivity index (χ0v) is 20.1. The van der Waals surface area contributed by atoms with Crippen molar-refractivity contribution < 1.29 is 19.2 Å². The molecule has 0 saturated heterocycles. The average Bonchev–Trinajstić information content (AvgIpc) is 2.97. The predicted molar refractivity (Wildman–Crippen MR) is 139 cm³/mol. The summed E-state index contributed by atoms with van der Waals surface area (Å²) in [5.74, 6) is -1.21. The van der Waals surface area contributed by atoms with Crippen LogP contribution in [-0.2, 0) is 0 Å². The van der Waals surface area contributed by atoms with Gasteiger partial charge in [-0.05, 0) is 48.5 Å². The van der Waals surface area contributed by atoms with Crippen LogP contribution in [0.25, 0.3) is 0 Å². The normalized spacial score (nSPS) is 9.83. The number of hydrogen-bond donors (Lipinski definition) is 0. The van der Waals surface area contributed by atoms with Gasteiger partial charge in [0.15, 0.2) is 0 Å². The molecule has 0 heterocycles. The number of rotatable bonds is 4. The molecule has 180 valence electrons. The summed E-state index contributed by atoms with van der Waals surface area (Å²) in [6.07, 6.45) is 0. The topological polar surface area (TPSA) is 74.8 Å². The third kappa shape index (κ3) is 6.61. The molecule has 6 heteroatoms. The Morgan fingerprint density at radius 1 is 0.361 bits per heavy atom. The summed E-state index contributed by atoms with van der Waals surface area (Å²) in [7, 11) is 2.98. The number of hydrogen-bond acceptors (Lipinski definition) is 4. The lowest BCUT2D eigenvalue weighted by Crippen LogP contribution is -2.33. The molecular weight excluding hydrogens is 452 g/mol. The van der Waals surface area contributed by atoms with Crippen LogP contribution in [0.1, 0.15) is 41.4 Å². The van der Waals surface area contributed by atoms with Gasteiger partial charge < -0.3 is 0 Å². The zero-order valence-electron chi connectivity index (χ0n) is 20.1. The first kappa shape index (κ1) is 25.8. The number of carbonyl (C=O) groups excluding carboxylic acids is 4. The van der Waals surface area contributed by atoms with Gasteiger partial charge in [-0.2, -0.15) is 0 Å². The number of benzene rings is 4. The minimum absolute atomic E-state index is 0.301. The fourth-order valence-corrected chi connectivity index (χ4v) is 3.28. The molecule has 0 aliphatic carbocycles. The van der Waals surface area contributed by atoms with Crippen LogP contribution in [0, 0.1) is 0 Å². The van der Waals surface area contributed by atoms with Gasteiger partial charge in [0.05, 0.1) is 0 Å². The second kappa shape index (κ2) is 12.6. The Hall–Kier alpha value is -4.84. The fraction of sp³-hybridized carbons (Fsp3) is 0.0667. The first-order chi connectivity index (χ1) is 17.4. The van der Waals surface area contributed by atoms with Gasteiger partial charge in [0.1, 0.15) is 0 Å². The Morgan fingerprint density at radius 3 is 0.694 bits per heavy atom. The molecule has 0 aromatic heterocycles. The van der Waals surface area contributed by atoms with Crippen LogP contribution in [0.5, 0.6) is 0 Å². The molecule has 0 spiro atoms. The van der Waals surface area contributed by atoms with Gasteiger partial charge in [-0.1, -0.05) is 72.8 Å². The monoisotopic (exact) mass is 478 g/mol. The summed E-state index contributed by atoms with van der Waals surface area (Å²) in [6.45, 7) is 0. The predicted octanol–water partition coefficient (Wildman–Crippen LogP) is 5.20. The number of carbonyl (C=O) groups is 4. The van der Waals surface area contributed by atoms with Crippen LogP contribution in [0.2, 0.25) is 0 Å². The van der Waals surface area contributed by atoms with E-state index < -0.39 is 0 Å². The summed E-state index contributed by atoms with van der Waals surface area (Å²) in [4.78, 5) is 50.5. The van der Waals surface area contributed by atoms with Crippen molar-refractivity contribution in [3.8, 4) is 0 Å². The van der Waals surface area contributed by atoms with Crippen LogP contribution < -0.4 is 0 Å². The van der Waals surface area contributed by atoms with Gasteiger partial charge in [-0.15, -0.1) is 0 Å². The number of imide groups is 2. The standard InChI is InChI=1S/2C15H13NO2/c2*1-16(14(17)12-8-4-2-5-9-12)15(18)13-10-6-3-7-11-13/h2*2-11H,1H3. The molecule has 0 bridgehead atoms. The van der Waals surface area contributed by atoms with E-state index in [9.17, 15) is 19.2 Å². The van der Waals surface area contributed by atoms with Gasteiger partial charge in [-0.3, -0.25) is 29.0 Å². The molecule has 4 amide bonds. The average molecular weight is 479 g/mol. The first-order valence-electron chi connectivity index (χ1n) is 11.2. The second-order valence-corrected chi connectivity index (χ2v) is 7.80. The third-order valence-corrected chi connectivity index (χ3v) is 5.30. The molecule has 4 aromatic carbocycles. The third-order valence-electron chi connectivity index (χ3n) is 5.30. The maximum Gasteiger partial charge on any atom is 0.260 e. The van der Waals surface area contributed by atoms with Crippen LogP contribution in [0.4, 0.5) is 0 Å². The summed E-state index contributed by atoms with van der Waals surface area (Å²) in [6, 6.07) is 35.0. The molecule has 6 nitrogen and oxygen atoms in total. The molecule has 0 saturated carbocycles. The molecular formula is C30H26N2O4. The van der Waals surface area contributed by atoms with E-state index in [1.807, 2.05) is 24.3 Å². The molecule has 0 N–H and O–H groups in total. The highest BCUT2D eigenvalue weighted by molar-refractivity contribution is 6.10. The molecule has 0 radical (unpaired) electrons. The van der Waals surface area contributed by atoms with Gasteiger partial charge in [-0.25, -0.2) is 0 Å². The van der Waals surface area contributed by atoms with Gasteiger partial charge >= 0.3 is 0 Å². The van der Waals surface area contributed by atoms with Crippen LogP contribution in [-0.4, -0.2) is 47.5 Å². The maximum atomic E-state index is 12.1. The summed E-state index contributed by atoms with van der Waals surface area (Å²) < 4.78 is 0. The Bertz CT molecular complexity index is 1100. The van der Waals surface area contributed by atoms with Gasteiger partial charge in [0.25, 0.3) is 23.6 Å². The summed E-state index contributed by atoms with van der Waals surface area (Å²) in [5.41, 5.74) is 2.02. The van der Waals surface area contributed by atoms with Crippen molar-refractivity contribution >= 4 is 23.6 Å². The lowest BCUT2D eigenvalue weighted by atomic mass is 10.1. The molecule has 0 unspecified atom stereocenters. The molecule has 0 aliphatic rings. The minimum Gasteiger partial charge on any atom is -0.278 e. The van der Waals surface area contributed by atoms with E-state index in [-0.39, 0.29) is 23.6 Å². The van der Waals surface area contributed by atoms with Crippen LogP contribution in [0.15, 0.2) is 121 Å². The molecule has 0 fully saturated rings. The molecule has 4 rings (SSSR count). The van der Waals surface area contributed by atoms with E-state index in [0.717, 1.165) is 9.80 Å². The lowest BCUT2D eigenvalue weighted by Gasteiger charge is -2.15. The smallest absolute Gasteiger partial charge is 0.260 e. The summed E-state index contributed by atoms with van der Waals surface area (Å²) >= 11 is 0. The van der Waals surface area contributed by atoms with E-state index in [0.29, 0.717) is 22.3 Å². The lowest BCUT2D eigenvalue weighted by molar-refractivity contribution is 0.0641. The molecule has 0 aliphatic heterocycles. The Morgan fingerprint density at radius 2 is 0.528 bits per heavy atom. The molecule has 36 heavy (non-hydrogen) atoms. The van der Waals surface area contributed by atoms with Gasteiger partial charge in [0, 0.05) is 36.3 Å². The SMILES string of the molecule is CN(C(=O)c1ccccc1)C(=O)c1ccccc1.CN(C(=O)c1ccccc1)C(=O)c1ccccc1. The first-order valence-corrected chi connectivity index (χ1v) is 11.2. The van der Waals surface area contributed by atoms with Crippen molar-refractivity contribution in [3.05, 3.63) is 144 Å². The van der Waals surface area contributed by atoms with E-state index in [4.69, 9.17) is 0 Å². The van der Waals surface area contributed by atoms with E-state index in [2.05, 4.69) is 0 Å². The van der Waals surface area contributed by atoms with Crippen molar-refractivity contribution in [1.82, 2.24) is 9.80 Å². The van der Waals surface area contributed by atoms with Crippen molar-refractivity contribution in [2.75, 3.05) is 14.1 Å². The highest BCUT2D eigenvalue weighted by Crippen LogP contribution is 2.09. The fourth-order valence-electron chi connectivity index (χ4n) is 3.28. The second-order valence-electron chi connectivity index (χ2n) is 7.80. The largest absolute Gasteiger partial charge is 0.278 e. The zero-order chi connectivity index (χ0) is 25.9. The Labute approximate surface area is 210 Å². The van der Waals surface area contributed by atoms with Crippen LogP contribution >= 0.6 is 0 Å². The van der Waals surface area contributed by atoms with Crippen LogP contribution in [0.3, 0.4) is 0 Å². The van der Waals surface area contributed by atoms with E-state index in [1.54, 1.807) is 97.1 Å². The Balaban J connectivity index is 0.000000201.